The Morgan fingerprint density at radius 2 is 1.58 bits per heavy atom. The van der Waals surface area contributed by atoms with Gasteiger partial charge in [0.05, 0.1) is 21.5 Å². The topological polar surface area (TPSA) is 86.8 Å². The number of likely N-dealkylation sites (N-methyl/N-ethyl adjacent to an activating group) is 1. The number of hydrogen-bond acceptors (Lipinski definition) is 4. The van der Waals surface area contributed by atoms with Crippen molar-refractivity contribution in [2.24, 2.45) is 0 Å². The van der Waals surface area contributed by atoms with Crippen LogP contribution in [-0.2, 0) is 26.2 Å². The molecular formula is C26H29Cl2N3O4S. The lowest BCUT2D eigenvalue weighted by molar-refractivity contribution is -0.140. The minimum absolute atomic E-state index is 0.0479. The van der Waals surface area contributed by atoms with E-state index in [0.717, 1.165) is 15.1 Å². The van der Waals surface area contributed by atoms with E-state index in [1.165, 1.54) is 18.0 Å². The minimum atomic E-state index is -3.96. The molecule has 0 fully saturated rings. The molecule has 0 spiro atoms. The first kappa shape index (κ1) is 27.9. The Balaban J connectivity index is 1.86. The van der Waals surface area contributed by atoms with Gasteiger partial charge in [-0.25, -0.2) is 8.42 Å². The average molecular weight is 551 g/mol. The van der Waals surface area contributed by atoms with E-state index in [1.807, 2.05) is 38.1 Å². The molecule has 0 unspecified atom stereocenters. The van der Waals surface area contributed by atoms with Crippen LogP contribution < -0.4 is 5.32 Å². The fourth-order valence-electron chi connectivity index (χ4n) is 3.70. The molecule has 0 saturated heterocycles. The highest BCUT2D eigenvalue weighted by atomic mass is 35.5. The van der Waals surface area contributed by atoms with Gasteiger partial charge in [0.1, 0.15) is 6.04 Å². The van der Waals surface area contributed by atoms with Crippen LogP contribution in [0.4, 0.5) is 0 Å². The molecule has 1 N–H and O–H groups in total. The van der Waals surface area contributed by atoms with Crippen LogP contribution in [0.5, 0.6) is 0 Å². The van der Waals surface area contributed by atoms with E-state index in [9.17, 15) is 18.0 Å². The fourth-order valence-corrected chi connectivity index (χ4v) is 5.17. The predicted octanol–water partition coefficient (Wildman–Crippen LogP) is 4.71. The number of amides is 2. The summed E-state index contributed by atoms with van der Waals surface area (Å²) in [7, 11) is -2.62. The number of carbonyl (C=O) groups excluding carboxylic acids is 2. The molecule has 3 aromatic carbocycles. The largest absolute Gasteiger partial charge is 0.352 e. The van der Waals surface area contributed by atoms with Gasteiger partial charge in [-0.3, -0.25) is 9.59 Å². The quantitative estimate of drug-likeness (QED) is 0.418. The van der Waals surface area contributed by atoms with E-state index in [4.69, 9.17) is 23.2 Å². The number of sulfonamides is 1. The zero-order valence-corrected chi connectivity index (χ0v) is 22.9. The Labute approximate surface area is 222 Å². The summed E-state index contributed by atoms with van der Waals surface area (Å²) < 4.78 is 27.5. The van der Waals surface area contributed by atoms with Crippen LogP contribution in [0, 0.1) is 0 Å². The van der Waals surface area contributed by atoms with E-state index in [1.54, 1.807) is 37.3 Å². The lowest BCUT2D eigenvalue weighted by atomic mass is 10.1. The molecular weight excluding hydrogens is 521 g/mol. The van der Waals surface area contributed by atoms with Crippen molar-refractivity contribution in [3.8, 4) is 0 Å². The molecule has 0 aliphatic carbocycles. The van der Waals surface area contributed by atoms with Gasteiger partial charge < -0.3 is 10.2 Å². The number of fused-ring (bicyclic) bond motifs is 1. The molecule has 7 nitrogen and oxygen atoms in total. The maximum absolute atomic E-state index is 13.4. The molecule has 0 aliphatic rings. The Hall–Kier alpha value is -2.65. The molecule has 3 rings (SSSR count). The van der Waals surface area contributed by atoms with Gasteiger partial charge >= 0.3 is 0 Å². The third kappa shape index (κ3) is 6.56. The van der Waals surface area contributed by atoms with Crippen LogP contribution in [0.25, 0.3) is 10.8 Å². The summed E-state index contributed by atoms with van der Waals surface area (Å²) in [5, 5.41) is 5.17. The Bertz CT molecular complexity index is 1380. The highest BCUT2D eigenvalue weighted by molar-refractivity contribution is 7.89. The minimum Gasteiger partial charge on any atom is -0.352 e. The van der Waals surface area contributed by atoms with Crippen molar-refractivity contribution in [3.05, 3.63) is 76.3 Å². The Kier molecular flexibility index (Phi) is 9.00. The van der Waals surface area contributed by atoms with Crippen molar-refractivity contribution < 1.29 is 18.0 Å². The summed E-state index contributed by atoms with van der Waals surface area (Å²) in [5.74, 6) is -0.877. The highest BCUT2D eigenvalue weighted by Gasteiger charge is 2.30. The molecule has 10 heteroatoms. The van der Waals surface area contributed by atoms with E-state index < -0.39 is 28.5 Å². The number of rotatable bonds is 9. The molecule has 0 heterocycles. The van der Waals surface area contributed by atoms with Crippen molar-refractivity contribution >= 4 is 55.8 Å². The lowest BCUT2D eigenvalue weighted by Gasteiger charge is -2.31. The van der Waals surface area contributed by atoms with Crippen LogP contribution in [-0.4, -0.2) is 55.1 Å². The summed E-state index contributed by atoms with van der Waals surface area (Å²) >= 11 is 12.2. The maximum Gasteiger partial charge on any atom is 0.243 e. The first-order chi connectivity index (χ1) is 16.9. The normalized spacial score (nSPS) is 12.7. The van der Waals surface area contributed by atoms with Crippen molar-refractivity contribution in [3.63, 3.8) is 0 Å². The van der Waals surface area contributed by atoms with Crippen LogP contribution in [0.15, 0.2) is 65.6 Å². The van der Waals surface area contributed by atoms with Gasteiger partial charge in [0.2, 0.25) is 21.8 Å². The molecule has 0 radical (unpaired) electrons. The van der Waals surface area contributed by atoms with Gasteiger partial charge in [0, 0.05) is 19.6 Å². The lowest BCUT2D eigenvalue weighted by Crippen LogP contribution is -2.51. The summed E-state index contributed by atoms with van der Waals surface area (Å²) in [5.41, 5.74) is 0.655. The molecule has 3 aromatic rings. The van der Waals surface area contributed by atoms with E-state index in [2.05, 4.69) is 5.32 Å². The van der Waals surface area contributed by atoms with Gasteiger partial charge in [-0.05, 0) is 61.4 Å². The first-order valence-corrected chi connectivity index (χ1v) is 13.6. The highest BCUT2D eigenvalue weighted by Crippen LogP contribution is 2.25. The van der Waals surface area contributed by atoms with Gasteiger partial charge in [-0.2, -0.15) is 4.31 Å². The monoisotopic (exact) mass is 549 g/mol. The van der Waals surface area contributed by atoms with Gasteiger partial charge in [0.15, 0.2) is 0 Å². The Morgan fingerprint density at radius 3 is 2.22 bits per heavy atom. The van der Waals surface area contributed by atoms with Gasteiger partial charge in [0.25, 0.3) is 0 Å². The van der Waals surface area contributed by atoms with Crippen molar-refractivity contribution in [1.29, 1.82) is 0 Å². The standard InChI is InChI=1S/C26H29Cl2N3O4S/c1-17(2)29-26(33)18(3)31(15-19-9-12-23(27)24(28)13-19)25(32)16-30(4)36(34,35)22-11-10-20-7-5-6-8-21(20)14-22/h5-14,17-18H,15-16H2,1-4H3,(H,29,33)/t18-/m0/s1. The smallest absolute Gasteiger partial charge is 0.243 e. The van der Waals surface area contributed by atoms with Crippen LogP contribution in [0.3, 0.4) is 0 Å². The molecule has 0 aliphatic heterocycles. The first-order valence-electron chi connectivity index (χ1n) is 11.4. The van der Waals surface area contributed by atoms with Gasteiger partial charge in [-0.1, -0.05) is 59.6 Å². The SMILES string of the molecule is CC(C)NC(=O)[C@H](C)N(Cc1ccc(Cl)c(Cl)c1)C(=O)CN(C)S(=O)(=O)c1ccc2ccccc2c1. The number of halogens is 2. The van der Waals surface area contributed by atoms with Crippen molar-refractivity contribution in [1.82, 2.24) is 14.5 Å². The van der Waals surface area contributed by atoms with Crippen LogP contribution in [0.2, 0.25) is 10.0 Å². The van der Waals surface area contributed by atoms with Crippen molar-refractivity contribution in [2.45, 2.75) is 44.3 Å². The number of hydrogen-bond donors (Lipinski definition) is 1. The third-order valence-electron chi connectivity index (χ3n) is 5.72. The summed E-state index contributed by atoms with van der Waals surface area (Å²) in [6, 6.07) is 16.2. The fraction of sp³-hybridized carbons (Fsp3) is 0.308. The zero-order chi connectivity index (χ0) is 26.6. The second-order valence-electron chi connectivity index (χ2n) is 8.88. The number of benzene rings is 3. The van der Waals surface area contributed by atoms with Gasteiger partial charge in [-0.15, -0.1) is 0 Å². The van der Waals surface area contributed by atoms with E-state index in [-0.39, 0.29) is 23.4 Å². The number of nitrogens with zero attached hydrogens (tertiary/aromatic N) is 2. The predicted molar refractivity (Wildman–Crippen MR) is 144 cm³/mol. The Morgan fingerprint density at radius 1 is 0.917 bits per heavy atom. The van der Waals surface area contributed by atoms with E-state index >= 15 is 0 Å². The second kappa shape index (κ2) is 11.6. The summed E-state index contributed by atoms with van der Waals surface area (Å²) in [4.78, 5) is 27.6. The number of carbonyl (C=O) groups is 2. The summed E-state index contributed by atoms with van der Waals surface area (Å²) in [6.45, 7) is 4.84. The molecule has 0 bridgehead atoms. The average Bonchev–Trinajstić information content (AvgIpc) is 2.83. The van der Waals surface area contributed by atoms with Crippen LogP contribution in [0.1, 0.15) is 26.3 Å². The molecule has 2 amide bonds. The summed E-state index contributed by atoms with van der Waals surface area (Å²) in [6.07, 6.45) is 0. The van der Waals surface area contributed by atoms with Crippen LogP contribution >= 0.6 is 23.2 Å². The molecule has 192 valence electrons. The number of nitrogens with one attached hydrogen (secondary N) is 1. The molecule has 36 heavy (non-hydrogen) atoms. The maximum atomic E-state index is 13.4. The second-order valence-corrected chi connectivity index (χ2v) is 11.7. The molecule has 1 atom stereocenters. The van der Waals surface area contributed by atoms with Crippen molar-refractivity contribution in [2.75, 3.05) is 13.6 Å². The zero-order valence-electron chi connectivity index (χ0n) is 20.5. The van der Waals surface area contributed by atoms with E-state index in [0.29, 0.717) is 15.6 Å². The molecule has 0 saturated carbocycles. The molecule has 0 aromatic heterocycles. The third-order valence-corrected chi connectivity index (χ3v) is 8.26.